The van der Waals surface area contributed by atoms with Crippen molar-refractivity contribution >= 4 is 21.8 Å². The lowest BCUT2D eigenvalue weighted by Gasteiger charge is -2.29. The van der Waals surface area contributed by atoms with Crippen molar-refractivity contribution in [3.63, 3.8) is 0 Å². The highest BCUT2D eigenvalue weighted by atomic mass is 32.2. The summed E-state index contributed by atoms with van der Waals surface area (Å²) in [6.45, 7) is 2.01. The molecule has 0 heterocycles. The fourth-order valence-corrected chi connectivity index (χ4v) is 4.83. The number of halogens is 1. The molecule has 8 nitrogen and oxygen atoms in total. The normalized spacial score (nSPS) is 14.4. The average molecular weight is 506 g/mol. The third kappa shape index (κ3) is 8.12. The molecule has 190 valence electrons. The lowest BCUT2D eigenvalue weighted by molar-refractivity contribution is -0.140. The van der Waals surface area contributed by atoms with Crippen LogP contribution in [0.5, 0.6) is 0 Å². The minimum absolute atomic E-state index is 0.0206. The molecule has 3 rings (SSSR count). The molecule has 1 atom stereocenters. The number of carbonyl (C=O) groups excluding carboxylic acids is 2. The number of carbonyl (C=O) groups is 2. The number of hydrogen-bond acceptors (Lipinski definition) is 5. The summed E-state index contributed by atoms with van der Waals surface area (Å²) >= 11 is 0. The van der Waals surface area contributed by atoms with Crippen LogP contribution in [0.25, 0.3) is 0 Å². The fourth-order valence-electron chi connectivity index (χ4n) is 3.53. The van der Waals surface area contributed by atoms with Crippen LogP contribution in [-0.2, 0) is 32.6 Å². The predicted octanol–water partition coefficient (Wildman–Crippen LogP) is 2.11. The molecule has 2 aromatic rings. The second kappa shape index (κ2) is 12.2. The molecule has 1 aliphatic rings. The van der Waals surface area contributed by atoms with Crippen LogP contribution >= 0.6 is 0 Å². The number of nitrogens with one attached hydrogen (secondary N) is 2. The number of benzene rings is 2. The molecule has 10 heteroatoms. The van der Waals surface area contributed by atoms with Crippen LogP contribution in [0, 0.1) is 5.82 Å². The quantitative estimate of drug-likeness (QED) is 0.361. The Bertz CT molecular complexity index is 1100. The molecule has 0 aromatic heterocycles. The first-order valence-electron chi connectivity index (χ1n) is 11.7. The molecule has 0 aliphatic heterocycles. The van der Waals surface area contributed by atoms with E-state index in [0.29, 0.717) is 24.9 Å². The van der Waals surface area contributed by atoms with Gasteiger partial charge in [-0.15, -0.1) is 0 Å². The predicted molar refractivity (Wildman–Crippen MR) is 129 cm³/mol. The molecule has 1 saturated carbocycles. The van der Waals surface area contributed by atoms with Gasteiger partial charge < -0.3 is 15.3 Å². The van der Waals surface area contributed by atoms with E-state index >= 15 is 0 Å². The highest BCUT2D eigenvalue weighted by molar-refractivity contribution is 7.89. The van der Waals surface area contributed by atoms with Crippen LogP contribution in [0.3, 0.4) is 0 Å². The van der Waals surface area contributed by atoms with Gasteiger partial charge in [-0.05, 0) is 68.0 Å². The van der Waals surface area contributed by atoms with Crippen molar-refractivity contribution in [2.75, 3.05) is 13.2 Å². The first-order chi connectivity index (χ1) is 16.7. The van der Waals surface area contributed by atoms with Gasteiger partial charge in [-0.3, -0.25) is 9.59 Å². The third-order valence-electron chi connectivity index (χ3n) is 5.83. The smallest absolute Gasteiger partial charge is 0.242 e. The van der Waals surface area contributed by atoms with E-state index in [1.165, 1.54) is 29.2 Å². The molecule has 0 bridgehead atoms. The van der Waals surface area contributed by atoms with Crippen LogP contribution < -0.4 is 10.0 Å². The summed E-state index contributed by atoms with van der Waals surface area (Å²) in [6, 6.07) is 11.4. The van der Waals surface area contributed by atoms with E-state index in [0.717, 1.165) is 18.4 Å². The summed E-state index contributed by atoms with van der Waals surface area (Å²) in [5.41, 5.74) is 1.48. The van der Waals surface area contributed by atoms with Crippen molar-refractivity contribution in [3.8, 4) is 0 Å². The summed E-state index contributed by atoms with van der Waals surface area (Å²) in [5, 5.41) is 11.6. The van der Waals surface area contributed by atoms with Crippen LogP contribution in [0.15, 0.2) is 53.4 Å². The Balaban J connectivity index is 1.65. The Morgan fingerprint density at radius 2 is 1.71 bits per heavy atom. The van der Waals surface area contributed by atoms with Crippen molar-refractivity contribution in [1.29, 1.82) is 0 Å². The van der Waals surface area contributed by atoms with Crippen LogP contribution in [-0.4, -0.2) is 55.5 Å². The van der Waals surface area contributed by atoms with Gasteiger partial charge in [0.1, 0.15) is 11.9 Å². The first kappa shape index (κ1) is 26.8. The second-order valence-corrected chi connectivity index (χ2v) is 10.4. The maximum absolute atomic E-state index is 13.3. The first-order valence-corrected chi connectivity index (χ1v) is 13.2. The SMILES string of the molecule is C[C@@H](C(=O)NCCCO)N(Cc1ccc(F)cc1)C(=O)CCc1ccc(S(=O)(=O)NC2CC2)cc1. The van der Waals surface area contributed by atoms with Crippen LogP contribution in [0.2, 0.25) is 0 Å². The number of aryl methyl sites for hydroxylation is 1. The van der Waals surface area contributed by atoms with Crippen molar-refractivity contribution in [2.24, 2.45) is 0 Å². The van der Waals surface area contributed by atoms with Gasteiger partial charge in [0.15, 0.2) is 0 Å². The number of amides is 2. The molecule has 0 radical (unpaired) electrons. The second-order valence-electron chi connectivity index (χ2n) is 8.73. The van der Waals surface area contributed by atoms with E-state index in [1.807, 2.05) is 0 Å². The van der Waals surface area contributed by atoms with Gasteiger partial charge in [0.25, 0.3) is 0 Å². The van der Waals surface area contributed by atoms with E-state index in [1.54, 1.807) is 31.2 Å². The molecular weight excluding hydrogens is 473 g/mol. The van der Waals surface area contributed by atoms with E-state index in [9.17, 15) is 22.4 Å². The monoisotopic (exact) mass is 505 g/mol. The van der Waals surface area contributed by atoms with Crippen molar-refractivity contribution in [3.05, 3.63) is 65.5 Å². The Morgan fingerprint density at radius 1 is 1.09 bits per heavy atom. The lowest BCUT2D eigenvalue weighted by atomic mass is 10.1. The van der Waals surface area contributed by atoms with Gasteiger partial charge in [0.2, 0.25) is 21.8 Å². The Hall–Kier alpha value is -2.82. The van der Waals surface area contributed by atoms with Gasteiger partial charge in [-0.25, -0.2) is 17.5 Å². The number of aliphatic hydroxyl groups excluding tert-OH is 1. The van der Waals surface area contributed by atoms with Gasteiger partial charge in [0, 0.05) is 32.2 Å². The minimum atomic E-state index is -3.54. The molecule has 0 spiro atoms. The zero-order valence-electron chi connectivity index (χ0n) is 19.7. The van der Waals surface area contributed by atoms with E-state index in [2.05, 4.69) is 10.0 Å². The molecule has 2 aromatic carbocycles. The largest absolute Gasteiger partial charge is 0.396 e. The van der Waals surface area contributed by atoms with E-state index in [-0.39, 0.29) is 48.1 Å². The van der Waals surface area contributed by atoms with Crippen LogP contribution in [0.1, 0.15) is 43.7 Å². The number of aliphatic hydroxyl groups is 1. The maximum Gasteiger partial charge on any atom is 0.242 e. The van der Waals surface area contributed by atoms with Gasteiger partial charge in [-0.1, -0.05) is 24.3 Å². The number of hydrogen-bond donors (Lipinski definition) is 3. The lowest BCUT2D eigenvalue weighted by Crippen LogP contribution is -2.48. The van der Waals surface area contributed by atoms with Gasteiger partial charge in [0.05, 0.1) is 4.90 Å². The van der Waals surface area contributed by atoms with E-state index < -0.39 is 16.1 Å². The topological polar surface area (TPSA) is 116 Å². The molecule has 1 aliphatic carbocycles. The maximum atomic E-state index is 13.3. The Labute approximate surface area is 205 Å². The molecule has 0 unspecified atom stereocenters. The summed E-state index contributed by atoms with van der Waals surface area (Å²) < 4.78 is 40.6. The fraction of sp³-hybridized carbons (Fsp3) is 0.440. The molecule has 2 amide bonds. The van der Waals surface area contributed by atoms with E-state index in [4.69, 9.17) is 5.11 Å². The molecular formula is C25H32FN3O5S. The Morgan fingerprint density at radius 3 is 2.31 bits per heavy atom. The summed E-state index contributed by atoms with van der Waals surface area (Å²) in [5.74, 6) is -0.989. The summed E-state index contributed by atoms with van der Waals surface area (Å²) in [4.78, 5) is 27.4. The zero-order chi connectivity index (χ0) is 25.4. The standard InChI is InChI=1S/C25H32FN3O5S/c1-18(25(32)27-15-2-16-30)29(17-20-3-8-21(26)9-4-20)24(31)14-7-19-5-12-23(13-6-19)35(33,34)28-22-10-11-22/h3-6,8-9,12-13,18,22,28,30H,2,7,10-11,14-17H2,1H3,(H,27,32)/t18-/m0/s1. The van der Waals surface area contributed by atoms with Crippen molar-refractivity contribution in [1.82, 2.24) is 14.9 Å². The zero-order valence-corrected chi connectivity index (χ0v) is 20.6. The van der Waals surface area contributed by atoms with Crippen LogP contribution in [0.4, 0.5) is 4.39 Å². The van der Waals surface area contributed by atoms with Gasteiger partial charge in [-0.2, -0.15) is 0 Å². The Kier molecular flexibility index (Phi) is 9.36. The molecule has 35 heavy (non-hydrogen) atoms. The minimum Gasteiger partial charge on any atom is -0.396 e. The van der Waals surface area contributed by atoms with Crippen molar-refractivity contribution < 1.29 is 27.5 Å². The highest BCUT2D eigenvalue weighted by Crippen LogP contribution is 2.22. The average Bonchev–Trinajstić information content (AvgIpc) is 3.65. The highest BCUT2D eigenvalue weighted by Gasteiger charge is 2.28. The summed E-state index contributed by atoms with van der Waals surface area (Å²) in [6.07, 6.45) is 2.60. The number of nitrogens with zero attached hydrogens (tertiary/aromatic N) is 1. The summed E-state index contributed by atoms with van der Waals surface area (Å²) in [7, 11) is -3.54. The molecule has 0 saturated heterocycles. The number of sulfonamides is 1. The van der Waals surface area contributed by atoms with Crippen molar-refractivity contribution in [2.45, 2.75) is 62.6 Å². The third-order valence-corrected chi connectivity index (χ3v) is 7.36. The number of rotatable bonds is 13. The molecule has 1 fully saturated rings. The molecule has 3 N–H and O–H groups in total. The van der Waals surface area contributed by atoms with Gasteiger partial charge >= 0.3 is 0 Å².